The van der Waals surface area contributed by atoms with Crippen LogP contribution < -0.4 is 4.72 Å². The first-order valence-corrected chi connectivity index (χ1v) is 6.74. The van der Waals surface area contributed by atoms with Crippen molar-refractivity contribution in [2.24, 2.45) is 0 Å². The third-order valence-electron chi connectivity index (χ3n) is 2.73. The van der Waals surface area contributed by atoms with Crippen LogP contribution in [0.4, 0.5) is 0 Å². The second kappa shape index (κ2) is 5.66. The fraction of sp³-hybridized carbons (Fsp3) is 0.455. The smallest absolute Gasteiger partial charge is 0.208 e. The lowest BCUT2D eigenvalue weighted by molar-refractivity contribution is 0.552. The summed E-state index contributed by atoms with van der Waals surface area (Å²) in [6.45, 7) is 0. The number of benzene rings is 1. The molecule has 90 valence electrons. The lowest BCUT2D eigenvalue weighted by Gasteiger charge is -2.12. The fourth-order valence-corrected chi connectivity index (χ4v) is 3.26. The van der Waals surface area contributed by atoms with Gasteiger partial charge < -0.3 is 0 Å². The topological polar surface area (TPSA) is 46.2 Å². The minimum absolute atomic E-state index is 0. The minimum atomic E-state index is -3.29. The van der Waals surface area contributed by atoms with Gasteiger partial charge >= 0.3 is 0 Å². The number of rotatable bonds is 3. The van der Waals surface area contributed by atoms with Crippen LogP contribution >= 0.6 is 12.4 Å². The van der Waals surface area contributed by atoms with Crippen molar-refractivity contribution >= 4 is 22.4 Å². The Labute approximate surface area is 103 Å². The van der Waals surface area contributed by atoms with E-state index in [2.05, 4.69) is 4.72 Å². The zero-order valence-electron chi connectivity index (χ0n) is 8.93. The molecule has 2 rings (SSSR count). The van der Waals surface area contributed by atoms with E-state index >= 15 is 0 Å². The van der Waals surface area contributed by atoms with Crippen LogP contribution in [0.3, 0.4) is 0 Å². The van der Waals surface area contributed by atoms with Crippen molar-refractivity contribution in [3.05, 3.63) is 30.3 Å². The van der Waals surface area contributed by atoms with Crippen LogP contribution in [0.1, 0.15) is 25.7 Å². The van der Waals surface area contributed by atoms with Crippen LogP contribution in [0, 0.1) is 0 Å². The lowest BCUT2D eigenvalue weighted by atomic mass is 10.3. The van der Waals surface area contributed by atoms with Gasteiger partial charge in [0.15, 0.2) is 0 Å². The molecule has 0 amide bonds. The molecule has 1 fully saturated rings. The van der Waals surface area contributed by atoms with Crippen molar-refractivity contribution in [3.63, 3.8) is 0 Å². The van der Waals surface area contributed by atoms with E-state index in [-0.39, 0.29) is 18.4 Å². The van der Waals surface area contributed by atoms with Crippen LogP contribution in [0.25, 0.3) is 0 Å². The number of hydrogen-bond donors (Lipinski definition) is 1. The Morgan fingerprint density at radius 1 is 1.06 bits per heavy atom. The fourth-order valence-electron chi connectivity index (χ4n) is 1.93. The second-order valence-electron chi connectivity index (χ2n) is 3.92. The molecule has 5 heteroatoms. The van der Waals surface area contributed by atoms with Gasteiger partial charge in [-0.2, -0.15) is 0 Å². The van der Waals surface area contributed by atoms with Crippen LogP contribution in [0.15, 0.2) is 35.2 Å². The Morgan fingerprint density at radius 3 is 2.19 bits per heavy atom. The Kier molecular flexibility index (Phi) is 4.77. The Morgan fingerprint density at radius 2 is 1.62 bits per heavy atom. The zero-order chi connectivity index (χ0) is 10.7. The highest BCUT2D eigenvalue weighted by atomic mass is 35.5. The number of sulfonamides is 1. The molecule has 0 radical (unpaired) electrons. The summed E-state index contributed by atoms with van der Waals surface area (Å²) >= 11 is 0. The molecular formula is C11H16ClNO2S. The quantitative estimate of drug-likeness (QED) is 0.908. The molecule has 16 heavy (non-hydrogen) atoms. The Bertz CT molecular complexity index is 413. The van der Waals surface area contributed by atoms with Gasteiger partial charge in [-0.25, -0.2) is 13.1 Å². The van der Waals surface area contributed by atoms with Gasteiger partial charge in [0, 0.05) is 6.04 Å². The predicted octanol–water partition coefficient (Wildman–Crippen LogP) is 2.33. The zero-order valence-corrected chi connectivity index (χ0v) is 10.6. The normalized spacial score (nSPS) is 17.0. The van der Waals surface area contributed by atoms with E-state index < -0.39 is 10.0 Å². The van der Waals surface area contributed by atoms with E-state index in [4.69, 9.17) is 0 Å². The van der Waals surface area contributed by atoms with Gasteiger partial charge in [-0.1, -0.05) is 31.0 Å². The molecule has 1 aliphatic rings. The largest absolute Gasteiger partial charge is 0.240 e. The van der Waals surface area contributed by atoms with Gasteiger partial charge in [0.1, 0.15) is 0 Å². The Balaban J connectivity index is 0.00000128. The first-order chi connectivity index (χ1) is 7.18. The molecule has 1 saturated carbocycles. The van der Waals surface area contributed by atoms with Gasteiger partial charge in [-0.05, 0) is 25.0 Å². The van der Waals surface area contributed by atoms with E-state index in [1.54, 1.807) is 24.3 Å². The molecule has 0 heterocycles. The molecule has 0 spiro atoms. The molecule has 3 nitrogen and oxygen atoms in total. The molecule has 0 bridgehead atoms. The third kappa shape index (κ3) is 3.20. The maximum atomic E-state index is 11.9. The molecule has 1 N–H and O–H groups in total. The number of hydrogen-bond acceptors (Lipinski definition) is 2. The van der Waals surface area contributed by atoms with Gasteiger partial charge in [0.2, 0.25) is 10.0 Å². The first kappa shape index (κ1) is 13.5. The SMILES string of the molecule is Cl.O=S(=O)(NC1CCCC1)c1ccccc1. The average molecular weight is 262 g/mol. The van der Waals surface area contributed by atoms with Crippen molar-refractivity contribution in [1.82, 2.24) is 4.72 Å². The van der Waals surface area contributed by atoms with Gasteiger partial charge in [0.05, 0.1) is 4.90 Å². The molecular weight excluding hydrogens is 246 g/mol. The number of nitrogens with one attached hydrogen (secondary N) is 1. The van der Waals surface area contributed by atoms with Crippen molar-refractivity contribution in [2.45, 2.75) is 36.6 Å². The summed E-state index contributed by atoms with van der Waals surface area (Å²) in [6, 6.07) is 8.67. The maximum absolute atomic E-state index is 11.9. The molecule has 0 aliphatic heterocycles. The lowest BCUT2D eigenvalue weighted by Crippen LogP contribution is -2.32. The summed E-state index contributed by atoms with van der Waals surface area (Å²) in [5.74, 6) is 0. The molecule has 1 aliphatic carbocycles. The highest BCUT2D eigenvalue weighted by molar-refractivity contribution is 7.89. The van der Waals surface area contributed by atoms with Gasteiger partial charge in [0.25, 0.3) is 0 Å². The molecule has 1 aromatic rings. The van der Waals surface area contributed by atoms with E-state index in [1.807, 2.05) is 6.07 Å². The first-order valence-electron chi connectivity index (χ1n) is 5.26. The predicted molar refractivity (Wildman–Crippen MR) is 66.3 cm³/mol. The minimum Gasteiger partial charge on any atom is -0.208 e. The summed E-state index contributed by atoms with van der Waals surface area (Å²) in [5, 5.41) is 0. The van der Waals surface area contributed by atoms with Crippen LogP contribution in [0.2, 0.25) is 0 Å². The second-order valence-corrected chi connectivity index (χ2v) is 5.63. The van der Waals surface area contributed by atoms with Crippen molar-refractivity contribution in [1.29, 1.82) is 0 Å². The molecule has 0 aromatic heterocycles. The standard InChI is InChI=1S/C11H15NO2S.ClH/c13-15(14,11-8-2-1-3-9-11)12-10-6-4-5-7-10;/h1-3,8-10,12H,4-7H2;1H. The molecule has 0 saturated heterocycles. The van der Waals surface area contributed by atoms with Crippen molar-refractivity contribution in [3.8, 4) is 0 Å². The van der Waals surface area contributed by atoms with Crippen molar-refractivity contribution < 1.29 is 8.42 Å². The van der Waals surface area contributed by atoms with Crippen LogP contribution in [0.5, 0.6) is 0 Å². The third-order valence-corrected chi connectivity index (χ3v) is 4.27. The summed E-state index contributed by atoms with van der Waals surface area (Å²) in [5.41, 5.74) is 0. The van der Waals surface area contributed by atoms with E-state index in [0.717, 1.165) is 25.7 Å². The van der Waals surface area contributed by atoms with Crippen LogP contribution in [-0.2, 0) is 10.0 Å². The van der Waals surface area contributed by atoms with Gasteiger partial charge in [-0.3, -0.25) is 0 Å². The van der Waals surface area contributed by atoms with E-state index in [0.29, 0.717) is 4.90 Å². The summed E-state index contributed by atoms with van der Waals surface area (Å²) in [6.07, 6.45) is 4.18. The molecule has 0 unspecified atom stereocenters. The number of halogens is 1. The maximum Gasteiger partial charge on any atom is 0.240 e. The highest BCUT2D eigenvalue weighted by Gasteiger charge is 2.22. The molecule has 1 aromatic carbocycles. The van der Waals surface area contributed by atoms with Gasteiger partial charge in [-0.15, -0.1) is 12.4 Å². The molecule has 0 atom stereocenters. The summed E-state index contributed by atoms with van der Waals surface area (Å²) < 4.78 is 26.5. The van der Waals surface area contributed by atoms with Crippen LogP contribution in [-0.4, -0.2) is 14.5 Å². The Hall–Kier alpha value is -0.580. The monoisotopic (exact) mass is 261 g/mol. The van der Waals surface area contributed by atoms with E-state index in [9.17, 15) is 8.42 Å². The summed E-state index contributed by atoms with van der Waals surface area (Å²) in [4.78, 5) is 0.358. The average Bonchev–Trinajstić information content (AvgIpc) is 2.71. The van der Waals surface area contributed by atoms with E-state index in [1.165, 1.54) is 0 Å². The van der Waals surface area contributed by atoms with Crippen molar-refractivity contribution in [2.75, 3.05) is 0 Å². The highest BCUT2D eigenvalue weighted by Crippen LogP contribution is 2.20. The summed E-state index contributed by atoms with van der Waals surface area (Å²) in [7, 11) is -3.29.